The zero-order chi connectivity index (χ0) is 20.1. The third-order valence-electron chi connectivity index (χ3n) is 5.46. The summed E-state index contributed by atoms with van der Waals surface area (Å²) in [6.45, 7) is 0.236. The number of aliphatic hydroxyl groups excluding tert-OH is 1. The van der Waals surface area contributed by atoms with Gasteiger partial charge in [-0.1, -0.05) is 91.0 Å². The minimum Gasteiger partial charge on any atom is -0.390 e. The monoisotopic (exact) mass is 390 g/mol. The van der Waals surface area contributed by atoms with Crippen molar-refractivity contribution >= 4 is 0 Å². The first-order valence-corrected chi connectivity index (χ1v) is 9.91. The fourth-order valence-corrected chi connectivity index (χ4v) is 3.97. The topological polar surface area (TPSA) is 47.9 Å². The van der Waals surface area contributed by atoms with Crippen LogP contribution in [0.25, 0.3) is 0 Å². The Hall–Kier alpha value is -2.50. The van der Waals surface area contributed by atoms with Gasteiger partial charge >= 0.3 is 0 Å². The molecule has 0 spiro atoms. The molecule has 150 valence electrons. The average Bonchev–Trinajstić information content (AvgIpc) is 3.16. The van der Waals surface area contributed by atoms with Gasteiger partial charge in [0, 0.05) is 13.5 Å². The van der Waals surface area contributed by atoms with Crippen molar-refractivity contribution in [2.24, 2.45) is 0 Å². The quantitative estimate of drug-likeness (QED) is 0.617. The van der Waals surface area contributed by atoms with Crippen LogP contribution in [0.4, 0.5) is 0 Å². The Morgan fingerprint density at radius 2 is 1.28 bits per heavy atom. The lowest BCUT2D eigenvalue weighted by Crippen LogP contribution is -2.38. The van der Waals surface area contributed by atoms with Gasteiger partial charge in [-0.3, -0.25) is 0 Å². The van der Waals surface area contributed by atoms with E-state index in [0.29, 0.717) is 6.42 Å². The predicted octanol–water partition coefficient (Wildman–Crippen LogP) is 4.12. The van der Waals surface area contributed by atoms with E-state index in [4.69, 9.17) is 14.2 Å². The molecule has 1 aliphatic rings. The highest BCUT2D eigenvalue weighted by Gasteiger charge is 2.41. The molecule has 1 saturated heterocycles. The van der Waals surface area contributed by atoms with Gasteiger partial charge in [-0.25, -0.2) is 0 Å². The SMILES string of the molecule is CO[C@H]1C[C@H](O)[C@@H](COC(c2ccccc2)(c2ccccc2)c2ccccc2)O1. The van der Waals surface area contributed by atoms with E-state index in [9.17, 15) is 5.11 Å². The molecule has 4 rings (SSSR count). The molecule has 4 heteroatoms. The van der Waals surface area contributed by atoms with Crippen molar-refractivity contribution in [3.63, 3.8) is 0 Å². The van der Waals surface area contributed by atoms with Crippen LogP contribution in [0.5, 0.6) is 0 Å². The van der Waals surface area contributed by atoms with Crippen LogP contribution < -0.4 is 0 Å². The zero-order valence-corrected chi connectivity index (χ0v) is 16.5. The first kappa shape index (κ1) is 19.8. The summed E-state index contributed by atoms with van der Waals surface area (Å²) < 4.78 is 17.8. The Morgan fingerprint density at radius 3 is 1.66 bits per heavy atom. The van der Waals surface area contributed by atoms with Crippen molar-refractivity contribution < 1.29 is 19.3 Å². The molecule has 0 amide bonds. The van der Waals surface area contributed by atoms with E-state index >= 15 is 0 Å². The molecular formula is C25H26O4. The number of aliphatic hydroxyl groups is 1. The fourth-order valence-electron chi connectivity index (χ4n) is 3.97. The highest BCUT2D eigenvalue weighted by molar-refractivity contribution is 5.47. The number of rotatable bonds is 7. The molecule has 0 aromatic heterocycles. The Balaban J connectivity index is 1.78. The van der Waals surface area contributed by atoms with Crippen molar-refractivity contribution in [2.75, 3.05) is 13.7 Å². The highest BCUT2D eigenvalue weighted by atomic mass is 16.7. The van der Waals surface area contributed by atoms with Gasteiger partial charge in [0.25, 0.3) is 0 Å². The van der Waals surface area contributed by atoms with Gasteiger partial charge in [-0.05, 0) is 16.7 Å². The molecule has 0 aliphatic carbocycles. The lowest BCUT2D eigenvalue weighted by Gasteiger charge is -2.37. The minimum atomic E-state index is -0.821. The predicted molar refractivity (Wildman–Crippen MR) is 111 cm³/mol. The highest BCUT2D eigenvalue weighted by Crippen LogP contribution is 2.41. The molecule has 1 N–H and O–H groups in total. The molecular weight excluding hydrogens is 364 g/mol. The number of ether oxygens (including phenoxy) is 3. The lowest BCUT2D eigenvalue weighted by molar-refractivity contribution is -0.144. The van der Waals surface area contributed by atoms with E-state index in [-0.39, 0.29) is 6.61 Å². The summed E-state index contributed by atoms with van der Waals surface area (Å²) in [5, 5.41) is 10.4. The smallest absolute Gasteiger partial charge is 0.160 e. The number of hydrogen-bond acceptors (Lipinski definition) is 4. The molecule has 3 atom stereocenters. The Kier molecular flexibility index (Phi) is 6.07. The van der Waals surface area contributed by atoms with Gasteiger partial charge in [-0.2, -0.15) is 0 Å². The van der Waals surface area contributed by atoms with Crippen molar-refractivity contribution in [1.29, 1.82) is 0 Å². The van der Waals surface area contributed by atoms with Crippen LogP contribution in [-0.2, 0) is 19.8 Å². The minimum absolute atomic E-state index is 0.236. The molecule has 3 aromatic carbocycles. The van der Waals surface area contributed by atoms with Crippen LogP contribution in [0.15, 0.2) is 91.0 Å². The van der Waals surface area contributed by atoms with E-state index < -0.39 is 24.1 Å². The Labute approximate surface area is 171 Å². The maximum atomic E-state index is 10.4. The van der Waals surface area contributed by atoms with Crippen LogP contribution in [0.1, 0.15) is 23.1 Å². The average molecular weight is 390 g/mol. The van der Waals surface area contributed by atoms with Crippen LogP contribution in [0.3, 0.4) is 0 Å². The molecule has 1 aliphatic heterocycles. The normalized spacial score (nSPS) is 21.9. The second-order valence-electron chi connectivity index (χ2n) is 7.23. The van der Waals surface area contributed by atoms with E-state index in [1.165, 1.54) is 0 Å². The first-order valence-electron chi connectivity index (χ1n) is 9.91. The van der Waals surface area contributed by atoms with Crippen molar-refractivity contribution in [3.8, 4) is 0 Å². The third kappa shape index (κ3) is 3.98. The van der Waals surface area contributed by atoms with E-state index in [2.05, 4.69) is 36.4 Å². The number of benzene rings is 3. The second-order valence-corrected chi connectivity index (χ2v) is 7.23. The van der Waals surface area contributed by atoms with Gasteiger partial charge < -0.3 is 19.3 Å². The molecule has 1 heterocycles. The third-order valence-corrected chi connectivity index (χ3v) is 5.46. The van der Waals surface area contributed by atoms with Crippen LogP contribution in [0, 0.1) is 0 Å². The molecule has 0 saturated carbocycles. The van der Waals surface area contributed by atoms with Gasteiger partial charge in [0.1, 0.15) is 11.7 Å². The number of methoxy groups -OCH3 is 1. The maximum Gasteiger partial charge on any atom is 0.160 e. The molecule has 4 nitrogen and oxygen atoms in total. The molecule has 0 radical (unpaired) electrons. The van der Waals surface area contributed by atoms with Crippen molar-refractivity contribution in [1.82, 2.24) is 0 Å². The largest absolute Gasteiger partial charge is 0.390 e. The van der Waals surface area contributed by atoms with Gasteiger partial charge in [0.05, 0.1) is 12.7 Å². The van der Waals surface area contributed by atoms with E-state index in [1.54, 1.807) is 7.11 Å². The summed E-state index contributed by atoms with van der Waals surface area (Å²) in [4.78, 5) is 0. The van der Waals surface area contributed by atoms with Gasteiger partial charge in [-0.15, -0.1) is 0 Å². The summed E-state index contributed by atoms with van der Waals surface area (Å²) in [6, 6.07) is 30.5. The summed E-state index contributed by atoms with van der Waals surface area (Å²) in [7, 11) is 1.59. The zero-order valence-electron chi connectivity index (χ0n) is 16.5. The standard InChI is InChI=1S/C25H26O4/c1-27-24-17-22(26)23(29-24)18-28-25(19-11-5-2-6-12-19,20-13-7-3-8-14-20)21-15-9-4-10-16-21/h2-16,22-24,26H,17-18H2,1H3/t22-,23+,24+/m0/s1. The van der Waals surface area contributed by atoms with E-state index in [0.717, 1.165) is 16.7 Å². The fraction of sp³-hybridized carbons (Fsp3) is 0.280. The van der Waals surface area contributed by atoms with Gasteiger partial charge in [0.15, 0.2) is 6.29 Å². The Morgan fingerprint density at radius 1 is 0.828 bits per heavy atom. The molecule has 0 bridgehead atoms. The summed E-state index contributed by atoms with van der Waals surface area (Å²) in [5.74, 6) is 0. The molecule has 29 heavy (non-hydrogen) atoms. The summed E-state index contributed by atoms with van der Waals surface area (Å²) >= 11 is 0. The van der Waals surface area contributed by atoms with Crippen LogP contribution >= 0.6 is 0 Å². The van der Waals surface area contributed by atoms with Crippen molar-refractivity contribution in [2.45, 2.75) is 30.5 Å². The first-order chi connectivity index (χ1) is 14.2. The second kappa shape index (κ2) is 8.89. The van der Waals surface area contributed by atoms with Crippen molar-refractivity contribution in [3.05, 3.63) is 108 Å². The Bertz CT molecular complexity index is 786. The molecule has 0 unspecified atom stereocenters. The maximum absolute atomic E-state index is 10.4. The summed E-state index contributed by atoms with van der Waals surface area (Å²) in [5.41, 5.74) is 2.24. The molecule has 1 fully saturated rings. The lowest BCUT2D eigenvalue weighted by atomic mass is 9.80. The number of hydrogen-bond donors (Lipinski definition) is 1. The van der Waals surface area contributed by atoms with E-state index in [1.807, 2.05) is 54.6 Å². The van der Waals surface area contributed by atoms with Crippen LogP contribution in [-0.4, -0.2) is 37.3 Å². The molecule has 3 aromatic rings. The summed E-state index contributed by atoms with van der Waals surface area (Å²) in [6.07, 6.45) is -1.03. The van der Waals surface area contributed by atoms with Gasteiger partial charge in [0.2, 0.25) is 0 Å². The van der Waals surface area contributed by atoms with Crippen LogP contribution in [0.2, 0.25) is 0 Å².